The van der Waals surface area contributed by atoms with Crippen LogP contribution < -0.4 is 10.6 Å². The minimum Gasteiger partial charge on any atom is -0.383 e. The van der Waals surface area contributed by atoms with Crippen LogP contribution in [0.3, 0.4) is 0 Å². The van der Waals surface area contributed by atoms with Crippen LogP contribution in [0.15, 0.2) is 4.99 Å². The molecule has 0 unspecified atom stereocenters. The van der Waals surface area contributed by atoms with Gasteiger partial charge < -0.3 is 15.4 Å². The topological polar surface area (TPSA) is 48.9 Å². The lowest BCUT2D eigenvalue weighted by atomic mass is 10.4. The Morgan fingerprint density at radius 2 is 1.95 bits per heavy atom. The van der Waals surface area contributed by atoms with Crippen LogP contribution >= 0.6 is 24.0 Å². The van der Waals surface area contributed by atoms with Crippen LogP contribution in [0.5, 0.6) is 0 Å². The predicted molar refractivity (Wildman–Crippen MR) is 89.4 cm³/mol. The highest BCUT2D eigenvalue weighted by Crippen LogP contribution is 2.15. The number of halogens is 4. The summed E-state index contributed by atoms with van der Waals surface area (Å²) >= 11 is 0. The lowest BCUT2D eigenvalue weighted by Gasteiger charge is -2.18. The summed E-state index contributed by atoms with van der Waals surface area (Å²) in [6, 6.07) is 0. The summed E-state index contributed by atoms with van der Waals surface area (Å²) < 4.78 is 41.3. The summed E-state index contributed by atoms with van der Waals surface area (Å²) in [4.78, 5) is 5.54. The molecule has 0 radical (unpaired) electrons. The fraction of sp³-hybridized carbons (Fsp3) is 0.917. The quantitative estimate of drug-likeness (QED) is 0.255. The van der Waals surface area contributed by atoms with Gasteiger partial charge in [-0.1, -0.05) is 0 Å². The van der Waals surface area contributed by atoms with Gasteiger partial charge in [0.05, 0.1) is 13.2 Å². The van der Waals surface area contributed by atoms with Gasteiger partial charge in [0, 0.05) is 26.7 Å². The zero-order valence-corrected chi connectivity index (χ0v) is 15.1. The van der Waals surface area contributed by atoms with Crippen LogP contribution in [0.1, 0.15) is 13.3 Å². The number of aliphatic imine (C=N–C) groups is 1. The molecule has 0 rings (SSSR count). The Hall–Kier alpha value is -0.290. The zero-order valence-electron chi connectivity index (χ0n) is 12.8. The number of methoxy groups -OCH3 is 1. The lowest BCUT2D eigenvalue weighted by Crippen LogP contribution is -2.39. The van der Waals surface area contributed by atoms with Crippen molar-refractivity contribution in [1.82, 2.24) is 15.5 Å². The molecule has 21 heavy (non-hydrogen) atoms. The molecule has 5 nitrogen and oxygen atoms in total. The largest absolute Gasteiger partial charge is 0.401 e. The number of hydrogen-bond acceptors (Lipinski definition) is 3. The Bertz CT molecular complexity index is 278. The molecule has 0 amide bonds. The minimum absolute atomic E-state index is 0. The van der Waals surface area contributed by atoms with Gasteiger partial charge in [0.25, 0.3) is 0 Å². The monoisotopic (exact) mass is 426 g/mol. The fourth-order valence-electron chi connectivity index (χ4n) is 1.53. The molecule has 128 valence electrons. The van der Waals surface area contributed by atoms with E-state index in [0.29, 0.717) is 38.6 Å². The van der Waals surface area contributed by atoms with Crippen LogP contribution in [-0.4, -0.2) is 70.5 Å². The molecule has 0 aromatic rings. The molecule has 2 N–H and O–H groups in total. The number of nitrogens with one attached hydrogen (secondary N) is 2. The van der Waals surface area contributed by atoms with Crippen molar-refractivity contribution in [3.05, 3.63) is 0 Å². The molecule has 0 saturated carbocycles. The van der Waals surface area contributed by atoms with E-state index in [-0.39, 0.29) is 24.0 Å². The summed E-state index contributed by atoms with van der Waals surface area (Å²) in [7, 11) is 3.07. The molecule has 0 spiro atoms. The Morgan fingerprint density at radius 1 is 1.29 bits per heavy atom. The van der Waals surface area contributed by atoms with E-state index in [0.717, 1.165) is 6.54 Å². The van der Waals surface area contributed by atoms with E-state index in [1.807, 2.05) is 6.92 Å². The van der Waals surface area contributed by atoms with Gasteiger partial charge in [-0.3, -0.25) is 9.89 Å². The summed E-state index contributed by atoms with van der Waals surface area (Å²) in [5.74, 6) is 0.656. The first-order valence-electron chi connectivity index (χ1n) is 6.65. The molecule has 0 atom stereocenters. The average Bonchev–Trinajstić information content (AvgIpc) is 2.32. The third-order valence-electron chi connectivity index (χ3n) is 2.36. The molecule has 0 aromatic heterocycles. The first-order valence-corrected chi connectivity index (χ1v) is 6.65. The molecule has 0 aromatic carbocycles. The Kier molecular flexibility index (Phi) is 14.6. The smallest absolute Gasteiger partial charge is 0.383 e. The molecule has 0 fully saturated rings. The highest BCUT2D eigenvalue weighted by molar-refractivity contribution is 14.0. The summed E-state index contributed by atoms with van der Waals surface area (Å²) in [5, 5.41) is 6.13. The van der Waals surface area contributed by atoms with Crippen molar-refractivity contribution in [2.75, 3.05) is 53.5 Å². The van der Waals surface area contributed by atoms with Gasteiger partial charge in [-0.15, -0.1) is 24.0 Å². The third kappa shape index (κ3) is 15.9. The van der Waals surface area contributed by atoms with E-state index in [1.165, 1.54) is 11.9 Å². The van der Waals surface area contributed by atoms with E-state index in [4.69, 9.17) is 4.74 Å². The van der Waals surface area contributed by atoms with E-state index in [2.05, 4.69) is 15.6 Å². The standard InChI is InChI=1S/C12H25F3N4O.HI/c1-4-16-11(18-7-9-20-3)17-6-5-8-19(2)10-12(13,14)15;/h4-10H2,1-3H3,(H2,16,17,18);1H. The average molecular weight is 426 g/mol. The fourth-order valence-corrected chi connectivity index (χ4v) is 1.53. The van der Waals surface area contributed by atoms with E-state index >= 15 is 0 Å². The molecule has 0 heterocycles. The number of guanidine groups is 1. The van der Waals surface area contributed by atoms with Crippen LogP contribution in [-0.2, 0) is 4.74 Å². The van der Waals surface area contributed by atoms with Crippen LogP contribution in [0, 0.1) is 0 Å². The Labute approximate surface area is 141 Å². The second kappa shape index (κ2) is 13.4. The van der Waals surface area contributed by atoms with Crippen molar-refractivity contribution in [3.8, 4) is 0 Å². The van der Waals surface area contributed by atoms with Crippen molar-refractivity contribution < 1.29 is 17.9 Å². The van der Waals surface area contributed by atoms with Crippen molar-refractivity contribution in [1.29, 1.82) is 0 Å². The predicted octanol–water partition coefficient (Wildman–Crippen LogP) is 1.69. The minimum atomic E-state index is -4.14. The normalized spacial score (nSPS) is 12.2. The molecule has 0 saturated heterocycles. The first kappa shape index (κ1) is 23.0. The number of alkyl halides is 3. The van der Waals surface area contributed by atoms with Crippen LogP contribution in [0.4, 0.5) is 13.2 Å². The molecular weight excluding hydrogens is 400 g/mol. The van der Waals surface area contributed by atoms with Crippen LogP contribution in [0.25, 0.3) is 0 Å². The SMILES string of the molecule is CCNC(=NCCCN(C)CC(F)(F)F)NCCOC.I. The molecule has 0 aliphatic rings. The van der Waals surface area contributed by atoms with Crippen LogP contribution in [0.2, 0.25) is 0 Å². The highest BCUT2D eigenvalue weighted by atomic mass is 127. The lowest BCUT2D eigenvalue weighted by molar-refractivity contribution is -0.143. The zero-order chi connectivity index (χ0) is 15.4. The van der Waals surface area contributed by atoms with Crippen molar-refractivity contribution >= 4 is 29.9 Å². The number of rotatable bonds is 9. The van der Waals surface area contributed by atoms with Crippen molar-refractivity contribution in [2.24, 2.45) is 4.99 Å². The maximum Gasteiger partial charge on any atom is 0.401 e. The molecule has 0 aliphatic heterocycles. The molecule has 0 bridgehead atoms. The maximum absolute atomic E-state index is 12.1. The molecule has 0 aliphatic carbocycles. The number of hydrogen-bond donors (Lipinski definition) is 2. The summed E-state index contributed by atoms with van der Waals surface area (Å²) in [5.41, 5.74) is 0. The van der Waals surface area contributed by atoms with Gasteiger partial charge >= 0.3 is 6.18 Å². The Balaban J connectivity index is 0. The third-order valence-corrected chi connectivity index (χ3v) is 2.36. The van der Waals surface area contributed by atoms with Crippen molar-refractivity contribution in [2.45, 2.75) is 19.5 Å². The number of nitrogens with zero attached hydrogens (tertiary/aromatic N) is 2. The molecule has 9 heteroatoms. The van der Waals surface area contributed by atoms with Gasteiger partial charge in [-0.2, -0.15) is 13.2 Å². The van der Waals surface area contributed by atoms with Gasteiger partial charge in [-0.05, 0) is 26.9 Å². The second-order valence-electron chi connectivity index (χ2n) is 4.39. The van der Waals surface area contributed by atoms with Gasteiger partial charge in [-0.25, -0.2) is 0 Å². The highest BCUT2D eigenvalue weighted by Gasteiger charge is 2.28. The van der Waals surface area contributed by atoms with Gasteiger partial charge in [0.1, 0.15) is 0 Å². The van der Waals surface area contributed by atoms with E-state index in [1.54, 1.807) is 7.11 Å². The van der Waals surface area contributed by atoms with E-state index in [9.17, 15) is 13.2 Å². The molecular formula is C12H26F3IN4O. The summed E-state index contributed by atoms with van der Waals surface area (Å²) in [6.07, 6.45) is -3.57. The Morgan fingerprint density at radius 3 is 2.48 bits per heavy atom. The van der Waals surface area contributed by atoms with E-state index < -0.39 is 12.7 Å². The maximum atomic E-state index is 12.1. The summed E-state index contributed by atoms with van der Waals surface area (Å²) in [6.45, 7) is 3.83. The van der Waals surface area contributed by atoms with Crippen molar-refractivity contribution in [3.63, 3.8) is 0 Å². The van der Waals surface area contributed by atoms with Gasteiger partial charge in [0.2, 0.25) is 0 Å². The van der Waals surface area contributed by atoms with Gasteiger partial charge in [0.15, 0.2) is 5.96 Å². The second-order valence-corrected chi connectivity index (χ2v) is 4.39. The first-order chi connectivity index (χ1) is 9.39. The number of ether oxygens (including phenoxy) is 1.